The van der Waals surface area contributed by atoms with E-state index in [4.69, 9.17) is 4.74 Å². The third-order valence-corrected chi connectivity index (χ3v) is 3.28. The van der Waals surface area contributed by atoms with E-state index in [2.05, 4.69) is 11.1 Å². The smallest absolute Gasteiger partial charge is 0.340 e. The second-order valence-corrected chi connectivity index (χ2v) is 4.50. The molecule has 2 aromatic carbocycles. The molecule has 0 fully saturated rings. The van der Waals surface area contributed by atoms with Gasteiger partial charge in [0.2, 0.25) is 0 Å². The Bertz CT molecular complexity index is 793. The first-order valence-corrected chi connectivity index (χ1v) is 6.08. The number of aromatic nitrogens is 1. The van der Waals surface area contributed by atoms with Gasteiger partial charge in [0.25, 0.3) is 0 Å². The standard InChI is InChI=1S/C16H13NO2/c1-10-5-3-6-11-9-12-7-4-8-13(16(18)19-2)15(12)17-14(10)11/h3-9H,1-2H3. The average molecular weight is 251 g/mol. The SMILES string of the molecule is COC(=O)c1cccc2cc3cccc(C)c3nc12. The maximum Gasteiger partial charge on any atom is 0.340 e. The van der Waals surface area contributed by atoms with Gasteiger partial charge in [0.05, 0.1) is 23.7 Å². The molecule has 0 amide bonds. The minimum Gasteiger partial charge on any atom is -0.465 e. The lowest BCUT2D eigenvalue weighted by atomic mass is 10.1. The Morgan fingerprint density at radius 2 is 1.74 bits per heavy atom. The molecule has 0 saturated carbocycles. The zero-order valence-corrected chi connectivity index (χ0v) is 10.8. The van der Waals surface area contributed by atoms with Crippen LogP contribution in [0.2, 0.25) is 0 Å². The first-order chi connectivity index (χ1) is 9.20. The van der Waals surface area contributed by atoms with Crippen LogP contribution in [0.5, 0.6) is 0 Å². The minimum absolute atomic E-state index is 0.356. The van der Waals surface area contributed by atoms with Gasteiger partial charge in [-0.3, -0.25) is 0 Å². The number of aryl methyl sites for hydroxylation is 1. The highest BCUT2D eigenvalue weighted by Crippen LogP contribution is 2.24. The first kappa shape index (κ1) is 11.7. The Labute approximate surface area is 110 Å². The summed E-state index contributed by atoms with van der Waals surface area (Å²) in [6, 6.07) is 13.6. The second-order valence-electron chi connectivity index (χ2n) is 4.50. The largest absolute Gasteiger partial charge is 0.465 e. The number of ether oxygens (including phenoxy) is 1. The number of pyridine rings is 1. The fourth-order valence-electron chi connectivity index (χ4n) is 2.31. The van der Waals surface area contributed by atoms with E-state index in [1.54, 1.807) is 6.07 Å². The minimum atomic E-state index is -0.356. The number of hydrogen-bond acceptors (Lipinski definition) is 3. The fraction of sp³-hybridized carbons (Fsp3) is 0.125. The second kappa shape index (κ2) is 4.35. The number of carbonyl (C=O) groups excluding carboxylic acids is 1. The maximum atomic E-state index is 11.8. The number of rotatable bonds is 1. The number of hydrogen-bond donors (Lipinski definition) is 0. The van der Waals surface area contributed by atoms with Gasteiger partial charge in [-0.2, -0.15) is 0 Å². The van der Waals surface area contributed by atoms with Crippen LogP contribution in [0.25, 0.3) is 21.8 Å². The number of para-hydroxylation sites is 2. The summed E-state index contributed by atoms with van der Waals surface area (Å²) in [5.41, 5.74) is 3.21. The third-order valence-electron chi connectivity index (χ3n) is 3.28. The number of methoxy groups -OCH3 is 1. The Morgan fingerprint density at radius 3 is 2.47 bits per heavy atom. The van der Waals surface area contributed by atoms with E-state index in [-0.39, 0.29) is 5.97 Å². The van der Waals surface area contributed by atoms with E-state index in [0.717, 1.165) is 21.9 Å². The average Bonchev–Trinajstić information content (AvgIpc) is 2.44. The van der Waals surface area contributed by atoms with Crippen molar-refractivity contribution in [1.29, 1.82) is 0 Å². The molecule has 0 saturated heterocycles. The summed E-state index contributed by atoms with van der Waals surface area (Å²) in [6.45, 7) is 2.02. The molecular formula is C16H13NO2. The van der Waals surface area contributed by atoms with Crippen LogP contribution >= 0.6 is 0 Å². The Balaban J connectivity index is 2.43. The number of esters is 1. The van der Waals surface area contributed by atoms with Gasteiger partial charge < -0.3 is 4.74 Å². The quantitative estimate of drug-likeness (QED) is 0.491. The summed E-state index contributed by atoms with van der Waals surface area (Å²) in [6.07, 6.45) is 0. The van der Waals surface area contributed by atoms with Crippen LogP contribution < -0.4 is 0 Å². The van der Waals surface area contributed by atoms with Crippen molar-refractivity contribution in [2.45, 2.75) is 6.92 Å². The molecule has 0 aliphatic rings. The lowest BCUT2D eigenvalue weighted by Gasteiger charge is -2.07. The molecule has 3 heteroatoms. The van der Waals surface area contributed by atoms with Gasteiger partial charge in [0, 0.05) is 10.8 Å². The van der Waals surface area contributed by atoms with Gasteiger partial charge in [0.1, 0.15) is 0 Å². The van der Waals surface area contributed by atoms with Crippen LogP contribution in [-0.2, 0) is 4.74 Å². The topological polar surface area (TPSA) is 39.2 Å². The van der Waals surface area contributed by atoms with Crippen molar-refractivity contribution in [3.63, 3.8) is 0 Å². The summed E-state index contributed by atoms with van der Waals surface area (Å²) in [5, 5.41) is 2.02. The summed E-state index contributed by atoms with van der Waals surface area (Å²) < 4.78 is 4.81. The predicted octanol–water partition coefficient (Wildman–Crippen LogP) is 3.48. The van der Waals surface area contributed by atoms with Crippen LogP contribution in [0.3, 0.4) is 0 Å². The molecule has 0 radical (unpaired) electrons. The molecule has 0 unspecified atom stereocenters. The maximum absolute atomic E-state index is 11.8. The normalized spacial score (nSPS) is 10.8. The summed E-state index contributed by atoms with van der Waals surface area (Å²) in [4.78, 5) is 16.4. The Hall–Kier alpha value is -2.42. The molecule has 3 nitrogen and oxygen atoms in total. The molecule has 94 valence electrons. The van der Waals surface area contributed by atoms with Crippen molar-refractivity contribution in [3.8, 4) is 0 Å². The van der Waals surface area contributed by atoms with E-state index in [1.807, 2.05) is 37.3 Å². The van der Waals surface area contributed by atoms with Crippen LogP contribution in [0.1, 0.15) is 15.9 Å². The van der Waals surface area contributed by atoms with E-state index < -0.39 is 0 Å². The van der Waals surface area contributed by atoms with Gasteiger partial charge in [-0.1, -0.05) is 30.3 Å². The van der Waals surface area contributed by atoms with Crippen molar-refractivity contribution in [3.05, 3.63) is 53.6 Å². The number of benzene rings is 2. The van der Waals surface area contributed by atoms with Crippen molar-refractivity contribution >= 4 is 27.8 Å². The van der Waals surface area contributed by atoms with Crippen molar-refractivity contribution in [1.82, 2.24) is 4.98 Å². The number of nitrogens with zero attached hydrogens (tertiary/aromatic N) is 1. The van der Waals surface area contributed by atoms with Crippen molar-refractivity contribution in [2.24, 2.45) is 0 Å². The molecular weight excluding hydrogens is 238 g/mol. The molecule has 0 aliphatic carbocycles. The van der Waals surface area contributed by atoms with E-state index >= 15 is 0 Å². The zero-order valence-electron chi connectivity index (χ0n) is 10.8. The third kappa shape index (κ3) is 1.83. The lowest BCUT2D eigenvalue weighted by Crippen LogP contribution is -2.03. The molecule has 3 rings (SSSR count). The first-order valence-electron chi connectivity index (χ1n) is 6.08. The molecule has 0 aliphatic heterocycles. The molecule has 0 atom stereocenters. The van der Waals surface area contributed by atoms with E-state index in [1.165, 1.54) is 7.11 Å². The van der Waals surface area contributed by atoms with Gasteiger partial charge in [-0.25, -0.2) is 9.78 Å². The molecule has 19 heavy (non-hydrogen) atoms. The van der Waals surface area contributed by atoms with Gasteiger partial charge >= 0.3 is 5.97 Å². The Morgan fingerprint density at radius 1 is 1.05 bits per heavy atom. The van der Waals surface area contributed by atoms with Gasteiger partial charge in [-0.15, -0.1) is 0 Å². The highest BCUT2D eigenvalue weighted by Gasteiger charge is 2.12. The molecule has 0 bridgehead atoms. The summed E-state index contributed by atoms with van der Waals surface area (Å²) in [7, 11) is 1.38. The molecule has 3 aromatic rings. The van der Waals surface area contributed by atoms with Gasteiger partial charge in [-0.05, 0) is 24.6 Å². The van der Waals surface area contributed by atoms with Crippen LogP contribution in [0.15, 0.2) is 42.5 Å². The summed E-state index contributed by atoms with van der Waals surface area (Å²) >= 11 is 0. The lowest BCUT2D eigenvalue weighted by molar-refractivity contribution is 0.0603. The predicted molar refractivity (Wildman–Crippen MR) is 75.3 cm³/mol. The highest BCUT2D eigenvalue weighted by molar-refractivity contribution is 6.05. The fourth-order valence-corrected chi connectivity index (χ4v) is 2.31. The van der Waals surface area contributed by atoms with Gasteiger partial charge in [0.15, 0.2) is 0 Å². The molecule has 1 heterocycles. The van der Waals surface area contributed by atoms with Crippen LogP contribution in [0, 0.1) is 6.92 Å². The number of fused-ring (bicyclic) bond motifs is 2. The van der Waals surface area contributed by atoms with Crippen LogP contribution in [0.4, 0.5) is 0 Å². The van der Waals surface area contributed by atoms with E-state index in [9.17, 15) is 4.79 Å². The van der Waals surface area contributed by atoms with Crippen LogP contribution in [-0.4, -0.2) is 18.1 Å². The molecule has 0 N–H and O–H groups in total. The van der Waals surface area contributed by atoms with Crippen molar-refractivity contribution in [2.75, 3.05) is 7.11 Å². The van der Waals surface area contributed by atoms with E-state index in [0.29, 0.717) is 11.1 Å². The highest BCUT2D eigenvalue weighted by atomic mass is 16.5. The molecule has 0 spiro atoms. The summed E-state index contributed by atoms with van der Waals surface area (Å²) in [5.74, 6) is -0.356. The Kier molecular flexibility index (Phi) is 2.67. The monoisotopic (exact) mass is 251 g/mol. The zero-order chi connectivity index (χ0) is 13.4. The van der Waals surface area contributed by atoms with Crippen molar-refractivity contribution < 1.29 is 9.53 Å². The molecule has 1 aromatic heterocycles. The number of carbonyl (C=O) groups is 1.